The average Bonchev–Trinajstić information content (AvgIpc) is 2.48. The van der Waals surface area contributed by atoms with Gasteiger partial charge in [0.25, 0.3) is 0 Å². The summed E-state index contributed by atoms with van der Waals surface area (Å²) in [7, 11) is 0. The zero-order valence-corrected chi connectivity index (χ0v) is 12.9. The second kappa shape index (κ2) is 5.39. The van der Waals surface area contributed by atoms with Gasteiger partial charge in [-0.25, -0.2) is 0 Å². The lowest BCUT2D eigenvalue weighted by molar-refractivity contribution is 0.874. The van der Waals surface area contributed by atoms with Crippen molar-refractivity contribution < 1.29 is 0 Å². The van der Waals surface area contributed by atoms with Crippen LogP contribution in [-0.4, -0.2) is 0 Å². The lowest BCUT2D eigenvalue weighted by Crippen LogP contribution is -2.13. The normalized spacial score (nSPS) is 12.6. The second-order valence-electron chi connectivity index (χ2n) is 5.02. The van der Waals surface area contributed by atoms with E-state index in [0.29, 0.717) is 0 Å². The van der Waals surface area contributed by atoms with Crippen molar-refractivity contribution in [3.8, 4) is 0 Å². The van der Waals surface area contributed by atoms with E-state index in [1.165, 1.54) is 16.3 Å². The fraction of sp³-hybridized carbons (Fsp3) is 0.111. The molecular weight excluding hydrogens is 310 g/mol. The summed E-state index contributed by atoms with van der Waals surface area (Å²) in [6.07, 6.45) is 0. The van der Waals surface area contributed by atoms with Crippen LogP contribution in [-0.2, 0) is 0 Å². The molecule has 1 atom stereocenters. The van der Waals surface area contributed by atoms with Crippen molar-refractivity contribution in [1.29, 1.82) is 0 Å². The zero-order chi connectivity index (χ0) is 14.1. The molecule has 0 saturated carbocycles. The van der Waals surface area contributed by atoms with Crippen molar-refractivity contribution in [2.24, 2.45) is 5.73 Å². The smallest absolute Gasteiger partial charge is 0.0568 e. The molecule has 3 rings (SSSR count). The van der Waals surface area contributed by atoms with Crippen LogP contribution < -0.4 is 5.73 Å². The summed E-state index contributed by atoms with van der Waals surface area (Å²) >= 11 is 3.59. The van der Waals surface area contributed by atoms with E-state index < -0.39 is 0 Å². The van der Waals surface area contributed by atoms with Crippen LogP contribution in [0.3, 0.4) is 0 Å². The molecule has 0 aliphatic carbocycles. The summed E-state index contributed by atoms with van der Waals surface area (Å²) in [6, 6.07) is 20.7. The minimum atomic E-state index is -0.129. The van der Waals surface area contributed by atoms with E-state index >= 15 is 0 Å². The number of hydrogen-bond donors (Lipinski definition) is 1. The molecule has 20 heavy (non-hydrogen) atoms. The quantitative estimate of drug-likeness (QED) is 0.708. The Morgan fingerprint density at radius 1 is 0.800 bits per heavy atom. The minimum Gasteiger partial charge on any atom is -0.320 e. The Morgan fingerprint density at radius 3 is 2.20 bits per heavy atom. The topological polar surface area (TPSA) is 26.0 Å². The van der Waals surface area contributed by atoms with Crippen LogP contribution in [0.5, 0.6) is 0 Å². The molecule has 0 radical (unpaired) electrons. The molecule has 100 valence electrons. The Morgan fingerprint density at radius 2 is 1.45 bits per heavy atom. The number of halogens is 1. The highest BCUT2D eigenvalue weighted by molar-refractivity contribution is 9.10. The third-order valence-corrected chi connectivity index (χ3v) is 4.47. The maximum atomic E-state index is 6.50. The van der Waals surface area contributed by atoms with Crippen LogP contribution in [0.2, 0.25) is 0 Å². The van der Waals surface area contributed by atoms with E-state index in [1.807, 2.05) is 18.2 Å². The summed E-state index contributed by atoms with van der Waals surface area (Å²) < 4.78 is 1.05. The second-order valence-corrected chi connectivity index (χ2v) is 5.87. The fourth-order valence-corrected chi connectivity index (χ4v) is 3.17. The molecule has 0 amide bonds. The molecule has 0 spiro atoms. The first-order valence-electron chi connectivity index (χ1n) is 6.67. The van der Waals surface area contributed by atoms with E-state index in [4.69, 9.17) is 5.73 Å². The van der Waals surface area contributed by atoms with Crippen molar-refractivity contribution in [3.05, 3.63) is 81.8 Å². The molecular formula is C18H16BrN. The highest BCUT2D eigenvalue weighted by Crippen LogP contribution is 2.32. The number of benzene rings is 3. The Kier molecular flexibility index (Phi) is 3.60. The number of fused-ring (bicyclic) bond motifs is 1. The molecule has 0 bridgehead atoms. The molecule has 1 nitrogen and oxygen atoms in total. The van der Waals surface area contributed by atoms with Gasteiger partial charge in [0.1, 0.15) is 0 Å². The van der Waals surface area contributed by atoms with E-state index in [-0.39, 0.29) is 6.04 Å². The monoisotopic (exact) mass is 325 g/mol. The van der Waals surface area contributed by atoms with Crippen molar-refractivity contribution in [3.63, 3.8) is 0 Å². The van der Waals surface area contributed by atoms with Gasteiger partial charge in [0, 0.05) is 4.47 Å². The van der Waals surface area contributed by atoms with Gasteiger partial charge in [-0.1, -0.05) is 70.5 Å². The van der Waals surface area contributed by atoms with Crippen LogP contribution in [0.4, 0.5) is 0 Å². The highest BCUT2D eigenvalue weighted by Gasteiger charge is 2.14. The van der Waals surface area contributed by atoms with E-state index in [2.05, 4.69) is 65.3 Å². The summed E-state index contributed by atoms with van der Waals surface area (Å²) in [4.78, 5) is 0. The van der Waals surface area contributed by atoms with Gasteiger partial charge in [-0.2, -0.15) is 0 Å². The largest absolute Gasteiger partial charge is 0.320 e. The molecule has 0 aliphatic rings. The van der Waals surface area contributed by atoms with Gasteiger partial charge in [-0.15, -0.1) is 0 Å². The Bertz CT molecular complexity index is 764. The van der Waals surface area contributed by atoms with Gasteiger partial charge in [0.05, 0.1) is 6.04 Å². The zero-order valence-electron chi connectivity index (χ0n) is 11.3. The van der Waals surface area contributed by atoms with Gasteiger partial charge in [-0.05, 0) is 40.5 Å². The fourth-order valence-electron chi connectivity index (χ4n) is 2.64. The molecule has 1 unspecified atom stereocenters. The molecule has 0 aromatic heterocycles. The predicted octanol–water partition coefficient (Wildman–Crippen LogP) is 4.96. The lowest BCUT2D eigenvalue weighted by Gasteiger charge is -2.17. The summed E-state index contributed by atoms with van der Waals surface area (Å²) in [5.74, 6) is 0. The summed E-state index contributed by atoms with van der Waals surface area (Å²) in [6.45, 7) is 2.13. The first kappa shape index (κ1) is 13.3. The number of rotatable bonds is 2. The maximum absolute atomic E-state index is 6.50. The van der Waals surface area contributed by atoms with Crippen molar-refractivity contribution in [2.75, 3.05) is 0 Å². The molecule has 3 aromatic carbocycles. The highest BCUT2D eigenvalue weighted by atomic mass is 79.9. The van der Waals surface area contributed by atoms with Crippen LogP contribution >= 0.6 is 15.9 Å². The Labute approximate surface area is 127 Å². The van der Waals surface area contributed by atoms with E-state index in [0.717, 1.165) is 15.6 Å². The molecule has 0 heterocycles. The van der Waals surface area contributed by atoms with Crippen molar-refractivity contribution in [1.82, 2.24) is 0 Å². The molecule has 2 N–H and O–H groups in total. The first-order valence-corrected chi connectivity index (χ1v) is 7.46. The Balaban J connectivity index is 2.20. The van der Waals surface area contributed by atoms with Gasteiger partial charge >= 0.3 is 0 Å². The third kappa shape index (κ3) is 2.26. The number of hydrogen-bond acceptors (Lipinski definition) is 1. The molecule has 0 aliphatic heterocycles. The van der Waals surface area contributed by atoms with Gasteiger partial charge in [0.15, 0.2) is 0 Å². The summed E-state index contributed by atoms with van der Waals surface area (Å²) in [5, 5.41) is 2.50. The Hall–Kier alpha value is -1.64. The minimum absolute atomic E-state index is 0.129. The van der Waals surface area contributed by atoms with Crippen molar-refractivity contribution >= 4 is 26.7 Å². The summed E-state index contributed by atoms with van der Waals surface area (Å²) in [5.41, 5.74) is 10.1. The number of aryl methyl sites for hydroxylation is 1. The average molecular weight is 326 g/mol. The van der Waals surface area contributed by atoms with Gasteiger partial charge < -0.3 is 5.73 Å². The van der Waals surface area contributed by atoms with Crippen LogP contribution in [0, 0.1) is 6.92 Å². The molecule has 0 fully saturated rings. The van der Waals surface area contributed by atoms with E-state index in [1.54, 1.807) is 0 Å². The first-order chi connectivity index (χ1) is 9.68. The SMILES string of the molecule is Cc1ccc(C(N)c2ccccc2Br)c2ccccc12. The maximum Gasteiger partial charge on any atom is 0.0568 e. The van der Waals surface area contributed by atoms with Crippen LogP contribution in [0.1, 0.15) is 22.7 Å². The number of nitrogens with two attached hydrogens (primary N) is 1. The van der Waals surface area contributed by atoms with Gasteiger partial charge in [-0.3, -0.25) is 0 Å². The third-order valence-electron chi connectivity index (χ3n) is 3.75. The molecule has 0 saturated heterocycles. The standard InChI is InChI=1S/C18H16BrN/c1-12-10-11-15(14-7-3-2-6-13(12)14)18(20)16-8-4-5-9-17(16)19/h2-11,18H,20H2,1H3. The van der Waals surface area contributed by atoms with Crippen LogP contribution in [0.25, 0.3) is 10.8 Å². The van der Waals surface area contributed by atoms with Crippen molar-refractivity contribution in [2.45, 2.75) is 13.0 Å². The predicted molar refractivity (Wildman–Crippen MR) is 88.9 cm³/mol. The van der Waals surface area contributed by atoms with Gasteiger partial charge in [0.2, 0.25) is 0 Å². The lowest BCUT2D eigenvalue weighted by atomic mass is 9.92. The van der Waals surface area contributed by atoms with Crippen LogP contribution in [0.15, 0.2) is 65.1 Å². The molecule has 2 heteroatoms. The molecule has 3 aromatic rings. The van der Waals surface area contributed by atoms with E-state index in [9.17, 15) is 0 Å².